The molecule has 0 spiro atoms. The van der Waals surface area contributed by atoms with Gasteiger partial charge in [0.15, 0.2) is 5.65 Å². The fourth-order valence-electron chi connectivity index (χ4n) is 4.41. The minimum absolute atomic E-state index is 0.0529. The Morgan fingerprint density at radius 3 is 2.66 bits per heavy atom. The SMILES string of the molecule is Cc1nc2cc(C3CCN(C(=O)CCCN4CCCC4=O)CC3)[nH]n2c(=O)c1C. The number of H-pyrrole nitrogens is 1. The highest BCUT2D eigenvalue weighted by Gasteiger charge is 2.26. The number of nitrogens with zero attached hydrogens (tertiary/aromatic N) is 4. The molecule has 0 bridgehead atoms. The van der Waals surface area contributed by atoms with E-state index in [1.165, 1.54) is 4.52 Å². The second-order valence-electron chi connectivity index (χ2n) is 8.28. The number of aromatic nitrogens is 3. The molecule has 4 rings (SSSR count). The Morgan fingerprint density at radius 1 is 1.21 bits per heavy atom. The van der Waals surface area contributed by atoms with Crippen LogP contribution in [0.3, 0.4) is 0 Å². The minimum atomic E-state index is -0.0529. The van der Waals surface area contributed by atoms with Crippen LogP contribution in [0.15, 0.2) is 10.9 Å². The third-order valence-electron chi connectivity index (χ3n) is 6.38. The van der Waals surface area contributed by atoms with E-state index in [0.717, 1.165) is 56.7 Å². The van der Waals surface area contributed by atoms with E-state index in [0.29, 0.717) is 36.5 Å². The highest BCUT2D eigenvalue weighted by Crippen LogP contribution is 2.28. The van der Waals surface area contributed by atoms with E-state index in [1.54, 1.807) is 6.92 Å². The summed E-state index contributed by atoms with van der Waals surface area (Å²) >= 11 is 0. The quantitative estimate of drug-likeness (QED) is 0.829. The van der Waals surface area contributed by atoms with E-state index < -0.39 is 0 Å². The zero-order valence-corrected chi connectivity index (χ0v) is 17.2. The summed E-state index contributed by atoms with van der Waals surface area (Å²) in [6.45, 7) is 6.62. The Kier molecular flexibility index (Phi) is 5.43. The van der Waals surface area contributed by atoms with Crippen molar-refractivity contribution in [3.63, 3.8) is 0 Å². The Bertz CT molecular complexity index is 984. The van der Waals surface area contributed by atoms with Crippen LogP contribution in [0.25, 0.3) is 5.65 Å². The molecule has 0 atom stereocenters. The molecule has 8 heteroatoms. The molecule has 0 saturated carbocycles. The molecule has 2 saturated heterocycles. The number of likely N-dealkylation sites (tertiary alicyclic amines) is 2. The standard InChI is InChI=1S/C21H29N5O3/c1-14-15(2)22-18-13-17(23-26(18)21(14)29)16-7-11-25(12-8-16)20(28)6-4-10-24-9-3-5-19(24)27/h13,16,23H,3-12H2,1-2H3. The molecule has 2 fully saturated rings. The summed E-state index contributed by atoms with van der Waals surface area (Å²) in [6, 6.07) is 1.96. The third kappa shape index (κ3) is 3.93. The molecule has 2 aromatic rings. The predicted molar refractivity (Wildman–Crippen MR) is 109 cm³/mol. The van der Waals surface area contributed by atoms with Crippen LogP contribution in [0.1, 0.15) is 61.4 Å². The lowest BCUT2D eigenvalue weighted by Crippen LogP contribution is -2.38. The van der Waals surface area contributed by atoms with Crippen molar-refractivity contribution < 1.29 is 9.59 Å². The number of fused-ring (bicyclic) bond motifs is 1. The van der Waals surface area contributed by atoms with Crippen LogP contribution >= 0.6 is 0 Å². The second-order valence-corrected chi connectivity index (χ2v) is 8.28. The number of carbonyl (C=O) groups is 2. The van der Waals surface area contributed by atoms with Crippen molar-refractivity contribution in [2.24, 2.45) is 0 Å². The van der Waals surface area contributed by atoms with Crippen LogP contribution in [0, 0.1) is 13.8 Å². The number of piperidine rings is 1. The molecular weight excluding hydrogens is 370 g/mol. The van der Waals surface area contributed by atoms with Gasteiger partial charge in [-0.15, -0.1) is 0 Å². The number of hydrogen-bond acceptors (Lipinski definition) is 4. The Balaban J connectivity index is 1.31. The van der Waals surface area contributed by atoms with E-state index in [4.69, 9.17) is 0 Å². The van der Waals surface area contributed by atoms with Gasteiger partial charge in [-0.25, -0.2) is 9.50 Å². The van der Waals surface area contributed by atoms with Gasteiger partial charge in [0.1, 0.15) is 0 Å². The predicted octanol–water partition coefficient (Wildman–Crippen LogP) is 1.75. The van der Waals surface area contributed by atoms with Crippen LogP contribution in [-0.2, 0) is 9.59 Å². The van der Waals surface area contributed by atoms with E-state index in [-0.39, 0.29) is 17.4 Å². The van der Waals surface area contributed by atoms with Gasteiger partial charge < -0.3 is 9.80 Å². The highest BCUT2D eigenvalue weighted by molar-refractivity contribution is 5.78. The number of amides is 2. The first-order chi connectivity index (χ1) is 13.9. The maximum absolute atomic E-state index is 12.5. The molecule has 1 N–H and O–H groups in total. The van der Waals surface area contributed by atoms with Gasteiger partial charge in [0.05, 0.1) is 0 Å². The number of hydrogen-bond donors (Lipinski definition) is 1. The summed E-state index contributed by atoms with van der Waals surface area (Å²) in [6.07, 6.45) is 4.56. The molecule has 0 unspecified atom stereocenters. The summed E-state index contributed by atoms with van der Waals surface area (Å²) in [5, 5.41) is 3.22. The van der Waals surface area contributed by atoms with Crippen molar-refractivity contribution in [1.82, 2.24) is 24.4 Å². The molecule has 2 aliphatic rings. The first kappa shape index (κ1) is 19.7. The second kappa shape index (κ2) is 8.00. The lowest BCUT2D eigenvalue weighted by atomic mass is 9.93. The van der Waals surface area contributed by atoms with Gasteiger partial charge in [0.2, 0.25) is 11.8 Å². The van der Waals surface area contributed by atoms with Gasteiger partial charge in [-0.3, -0.25) is 19.5 Å². The molecular formula is C21H29N5O3. The topological polar surface area (TPSA) is 90.8 Å². The van der Waals surface area contributed by atoms with Crippen molar-refractivity contribution in [2.45, 2.75) is 58.3 Å². The molecule has 2 amide bonds. The monoisotopic (exact) mass is 399 g/mol. The highest BCUT2D eigenvalue weighted by atomic mass is 16.2. The number of aryl methyl sites for hydroxylation is 1. The van der Waals surface area contributed by atoms with E-state index in [2.05, 4.69) is 10.1 Å². The maximum Gasteiger partial charge on any atom is 0.275 e. The number of rotatable bonds is 5. The molecule has 4 heterocycles. The first-order valence-corrected chi connectivity index (χ1v) is 10.6. The number of aromatic amines is 1. The zero-order valence-electron chi connectivity index (χ0n) is 17.2. The summed E-state index contributed by atoms with van der Waals surface area (Å²) < 4.78 is 1.52. The molecule has 0 aliphatic carbocycles. The van der Waals surface area contributed by atoms with E-state index in [1.807, 2.05) is 22.8 Å². The van der Waals surface area contributed by atoms with Crippen molar-refractivity contribution >= 4 is 17.5 Å². The van der Waals surface area contributed by atoms with Crippen molar-refractivity contribution in [1.29, 1.82) is 0 Å². The number of carbonyl (C=O) groups excluding carboxylic acids is 2. The molecule has 8 nitrogen and oxygen atoms in total. The van der Waals surface area contributed by atoms with Crippen LogP contribution in [0.5, 0.6) is 0 Å². The smallest absolute Gasteiger partial charge is 0.275 e. The van der Waals surface area contributed by atoms with Crippen molar-refractivity contribution in [3.8, 4) is 0 Å². The Hall–Kier alpha value is -2.64. The molecule has 2 aromatic heterocycles. The summed E-state index contributed by atoms with van der Waals surface area (Å²) in [4.78, 5) is 44.9. The Labute approximate surface area is 169 Å². The van der Waals surface area contributed by atoms with Gasteiger partial charge in [-0.1, -0.05) is 0 Å². The first-order valence-electron chi connectivity index (χ1n) is 10.6. The average molecular weight is 399 g/mol. The fourth-order valence-corrected chi connectivity index (χ4v) is 4.41. The van der Waals surface area contributed by atoms with Crippen LogP contribution < -0.4 is 5.56 Å². The summed E-state index contributed by atoms with van der Waals surface area (Å²) in [7, 11) is 0. The van der Waals surface area contributed by atoms with Gasteiger partial charge in [-0.2, -0.15) is 0 Å². The van der Waals surface area contributed by atoms with Crippen LogP contribution in [0.2, 0.25) is 0 Å². The molecule has 0 radical (unpaired) electrons. The van der Waals surface area contributed by atoms with Gasteiger partial charge in [-0.05, 0) is 39.5 Å². The lowest BCUT2D eigenvalue weighted by Gasteiger charge is -2.31. The molecule has 2 aliphatic heterocycles. The third-order valence-corrected chi connectivity index (χ3v) is 6.38. The zero-order chi connectivity index (χ0) is 20.5. The molecule has 0 aromatic carbocycles. The summed E-state index contributed by atoms with van der Waals surface area (Å²) in [5.41, 5.74) is 3.04. The summed E-state index contributed by atoms with van der Waals surface area (Å²) in [5.74, 6) is 0.689. The lowest BCUT2D eigenvalue weighted by molar-refractivity contribution is -0.133. The van der Waals surface area contributed by atoms with Gasteiger partial charge >= 0.3 is 0 Å². The average Bonchev–Trinajstić information content (AvgIpc) is 3.33. The van der Waals surface area contributed by atoms with Gasteiger partial charge in [0.25, 0.3) is 5.56 Å². The molecule has 29 heavy (non-hydrogen) atoms. The van der Waals surface area contributed by atoms with Gasteiger partial charge in [0, 0.05) is 68.0 Å². The van der Waals surface area contributed by atoms with Crippen LogP contribution in [0.4, 0.5) is 0 Å². The molecule has 156 valence electrons. The van der Waals surface area contributed by atoms with Crippen molar-refractivity contribution in [2.75, 3.05) is 26.2 Å². The normalized spacial score (nSPS) is 18.2. The largest absolute Gasteiger partial charge is 0.343 e. The van der Waals surface area contributed by atoms with Crippen molar-refractivity contribution in [3.05, 3.63) is 33.4 Å². The number of nitrogens with one attached hydrogen (secondary N) is 1. The minimum Gasteiger partial charge on any atom is -0.343 e. The van der Waals surface area contributed by atoms with E-state index in [9.17, 15) is 14.4 Å². The van der Waals surface area contributed by atoms with E-state index >= 15 is 0 Å². The Morgan fingerprint density at radius 2 is 1.97 bits per heavy atom. The fraction of sp³-hybridized carbons (Fsp3) is 0.619. The maximum atomic E-state index is 12.5. The van der Waals surface area contributed by atoms with Crippen LogP contribution in [-0.4, -0.2) is 62.4 Å².